The van der Waals surface area contributed by atoms with Crippen LogP contribution in [-0.4, -0.2) is 29.3 Å². The first kappa shape index (κ1) is 17.3. The number of pyridine rings is 2. The molecule has 0 aliphatic heterocycles. The summed E-state index contributed by atoms with van der Waals surface area (Å²) in [6.45, 7) is 0.265. The largest absolute Gasteiger partial charge is 0.350 e. The average Bonchev–Trinajstić information content (AvgIpc) is 3.35. The molecule has 0 aliphatic carbocycles. The monoisotopic (exact) mass is 404 g/mol. The maximum atomic E-state index is 12.7. The molecule has 0 amide bonds. The summed E-state index contributed by atoms with van der Waals surface area (Å²) in [5.41, 5.74) is 2.23. The smallest absolute Gasteiger partial charge is 0.333 e. The molecule has 0 bridgehead atoms. The van der Waals surface area contributed by atoms with E-state index in [9.17, 15) is 4.79 Å². The molecule has 0 atom stereocenters. The lowest BCUT2D eigenvalue weighted by atomic mass is 10.2. The van der Waals surface area contributed by atoms with Crippen LogP contribution in [0.3, 0.4) is 0 Å². The Balaban J connectivity index is 1.57. The molecule has 4 heterocycles. The second-order valence-electron chi connectivity index (χ2n) is 6.31. The van der Waals surface area contributed by atoms with Crippen LogP contribution in [0.15, 0.2) is 76.3 Å². The van der Waals surface area contributed by atoms with Crippen molar-refractivity contribution in [2.45, 2.75) is 6.54 Å². The van der Waals surface area contributed by atoms with Gasteiger partial charge in [0.15, 0.2) is 5.65 Å². The number of aromatic nitrogens is 6. The molecule has 1 aromatic carbocycles. The van der Waals surface area contributed by atoms with Gasteiger partial charge < -0.3 is 4.52 Å². The molecule has 142 valence electrons. The Hall–Kier alpha value is -3.78. The van der Waals surface area contributed by atoms with Crippen molar-refractivity contribution < 1.29 is 4.52 Å². The van der Waals surface area contributed by atoms with Gasteiger partial charge in [0.05, 0.1) is 17.8 Å². The van der Waals surface area contributed by atoms with Crippen LogP contribution >= 0.6 is 11.6 Å². The van der Waals surface area contributed by atoms with E-state index < -0.39 is 0 Å². The Morgan fingerprint density at radius 1 is 1.03 bits per heavy atom. The maximum absolute atomic E-state index is 12.7. The second kappa shape index (κ2) is 6.99. The van der Waals surface area contributed by atoms with Crippen molar-refractivity contribution in [1.82, 2.24) is 29.3 Å². The fourth-order valence-electron chi connectivity index (χ4n) is 3.00. The number of nitrogens with zero attached hydrogens (tertiary/aromatic N) is 6. The second-order valence-corrected chi connectivity index (χ2v) is 6.74. The molecule has 0 saturated heterocycles. The number of fused-ring (bicyclic) bond motifs is 1. The Kier molecular flexibility index (Phi) is 4.18. The van der Waals surface area contributed by atoms with E-state index in [4.69, 9.17) is 16.1 Å². The number of halogens is 1. The molecule has 0 saturated carbocycles. The van der Waals surface area contributed by atoms with E-state index >= 15 is 0 Å². The van der Waals surface area contributed by atoms with Crippen LogP contribution < -0.4 is 5.69 Å². The number of rotatable bonds is 4. The van der Waals surface area contributed by atoms with Gasteiger partial charge in [0.1, 0.15) is 0 Å². The van der Waals surface area contributed by atoms with Crippen molar-refractivity contribution >= 4 is 17.2 Å². The van der Waals surface area contributed by atoms with Crippen LogP contribution in [0.5, 0.6) is 0 Å². The lowest BCUT2D eigenvalue weighted by Crippen LogP contribution is -2.21. The summed E-state index contributed by atoms with van der Waals surface area (Å²) in [5.74, 6) is 0.699. The highest BCUT2D eigenvalue weighted by Gasteiger charge is 2.17. The normalized spacial score (nSPS) is 11.2. The lowest BCUT2D eigenvalue weighted by Gasteiger charge is -1.97. The molecule has 0 radical (unpaired) electrons. The van der Waals surface area contributed by atoms with Crippen LogP contribution in [-0.2, 0) is 6.54 Å². The summed E-state index contributed by atoms with van der Waals surface area (Å²) >= 11 is 5.93. The summed E-state index contributed by atoms with van der Waals surface area (Å²) in [6, 6.07) is 16.2. The van der Waals surface area contributed by atoms with Crippen LogP contribution in [0, 0.1) is 0 Å². The van der Waals surface area contributed by atoms with E-state index in [0.29, 0.717) is 22.1 Å². The molecule has 29 heavy (non-hydrogen) atoms. The molecule has 0 aliphatic rings. The minimum atomic E-state index is -0.273. The molecule has 4 aromatic heterocycles. The van der Waals surface area contributed by atoms with Crippen LogP contribution in [0.25, 0.3) is 28.5 Å². The summed E-state index contributed by atoms with van der Waals surface area (Å²) in [4.78, 5) is 21.4. The molecule has 0 unspecified atom stereocenters. The van der Waals surface area contributed by atoms with Gasteiger partial charge in [0.25, 0.3) is 5.89 Å². The van der Waals surface area contributed by atoms with Crippen molar-refractivity contribution in [1.29, 1.82) is 0 Å². The topological polar surface area (TPSA) is 91.1 Å². The lowest BCUT2D eigenvalue weighted by molar-refractivity contribution is 0.432. The predicted molar refractivity (Wildman–Crippen MR) is 107 cm³/mol. The van der Waals surface area contributed by atoms with Crippen LogP contribution in [0.4, 0.5) is 0 Å². The SMILES string of the molecule is O=c1n(Cc2ccccn2)nc2c(-c3nc(-c4ccc(Cl)cc4)no3)cccn12. The first-order valence-electron chi connectivity index (χ1n) is 8.77. The van der Waals surface area contributed by atoms with Gasteiger partial charge in [-0.05, 0) is 48.5 Å². The molecular weight excluding hydrogens is 392 g/mol. The van der Waals surface area contributed by atoms with Crippen LogP contribution in [0.1, 0.15) is 5.69 Å². The Morgan fingerprint density at radius 3 is 2.69 bits per heavy atom. The van der Waals surface area contributed by atoms with E-state index in [1.807, 2.05) is 30.3 Å². The quantitative estimate of drug-likeness (QED) is 0.456. The molecule has 5 aromatic rings. The minimum Gasteiger partial charge on any atom is -0.333 e. The van der Waals surface area contributed by atoms with Crippen molar-refractivity contribution in [2.24, 2.45) is 0 Å². The third-order valence-electron chi connectivity index (χ3n) is 4.41. The fraction of sp³-hybridized carbons (Fsp3) is 0.0500. The van der Waals surface area contributed by atoms with E-state index in [-0.39, 0.29) is 18.1 Å². The van der Waals surface area contributed by atoms with Crippen molar-refractivity contribution in [3.63, 3.8) is 0 Å². The predicted octanol–water partition coefficient (Wildman–Crippen LogP) is 3.31. The summed E-state index contributed by atoms with van der Waals surface area (Å²) in [7, 11) is 0. The third kappa shape index (κ3) is 3.19. The summed E-state index contributed by atoms with van der Waals surface area (Å²) in [5, 5.41) is 9.12. The zero-order chi connectivity index (χ0) is 19.8. The van der Waals surface area contributed by atoms with E-state index in [0.717, 1.165) is 11.3 Å². The van der Waals surface area contributed by atoms with Gasteiger partial charge in [0.2, 0.25) is 5.82 Å². The standard InChI is InChI=1S/C20H13ClN6O2/c21-14-8-6-13(7-9-14)17-23-19(29-25-17)16-5-3-11-26-18(16)24-27(20(26)28)12-15-4-1-2-10-22-15/h1-11H,12H2. The van der Waals surface area contributed by atoms with Gasteiger partial charge in [-0.2, -0.15) is 4.98 Å². The number of hydrogen-bond acceptors (Lipinski definition) is 6. The van der Waals surface area contributed by atoms with Gasteiger partial charge in [-0.15, -0.1) is 5.10 Å². The highest BCUT2D eigenvalue weighted by molar-refractivity contribution is 6.30. The molecular formula is C20H13ClN6O2. The first-order valence-corrected chi connectivity index (χ1v) is 9.15. The van der Waals surface area contributed by atoms with Crippen molar-refractivity contribution in [3.8, 4) is 22.8 Å². The maximum Gasteiger partial charge on any atom is 0.350 e. The van der Waals surface area contributed by atoms with Gasteiger partial charge in [-0.1, -0.05) is 22.8 Å². The minimum absolute atomic E-state index is 0.265. The van der Waals surface area contributed by atoms with Gasteiger partial charge in [-0.25, -0.2) is 13.9 Å². The number of hydrogen-bond donors (Lipinski definition) is 0. The van der Waals surface area contributed by atoms with Gasteiger partial charge in [-0.3, -0.25) is 4.98 Å². The van der Waals surface area contributed by atoms with E-state index in [2.05, 4.69) is 20.2 Å². The average molecular weight is 405 g/mol. The van der Waals surface area contributed by atoms with Gasteiger partial charge in [0, 0.05) is 23.0 Å². The highest BCUT2D eigenvalue weighted by atomic mass is 35.5. The van der Waals surface area contributed by atoms with E-state index in [1.165, 1.54) is 9.08 Å². The molecule has 8 nitrogen and oxygen atoms in total. The van der Waals surface area contributed by atoms with E-state index in [1.54, 1.807) is 36.7 Å². The Bertz CT molecular complexity index is 1360. The highest BCUT2D eigenvalue weighted by Crippen LogP contribution is 2.25. The van der Waals surface area contributed by atoms with Crippen molar-refractivity contribution in [2.75, 3.05) is 0 Å². The molecule has 0 N–H and O–H groups in total. The van der Waals surface area contributed by atoms with Crippen LogP contribution in [0.2, 0.25) is 5.02 Å². The van der Waals surface area contributed by atoms with Crippen molar-refractivity contribution in [3.05, 3.63) is 88.2 Å². The zero-order valence-corrected chi connectivity index (χ0v) is 15.7. The Morgan fingerprint density at radius 2 is 1.90 bits per heavy atom. The number of benzene rings is 1. The fourth-order valence-corrected chi connectivity index (χ4v) is 3.13. The zero-order valence-electron chi connectivity index (χ0n) is 14.9. The molecule has 9 heteroatoms. The molecule has 0 spiro atoms. The summed E-state index contributed by atoms with van der Waals surface area (Å²) < 4.78 is 8.25. The summed E-state index contributed by atoms with van der Waals surface area (Å²) in [6.07, 6.45) is 3.33. The third-order valence-corrected chi connectivity index (χ3v) is 4.66. The Labute approximate surface area is 169 Å². The van der Waals surface area contributed by atoms with Gasteiger partial charge >= 0.3 is 5.69 Å². The molecule has 0 fully saturated rings. The first-order chi connectivity index (χ1) is 14.2. The molecule has 5 rings (SSSR count).